The van der Waals surface area contributed by atoms with Crippen LogP contribution in [0.3, 0.4) is 0 Å². The van der Waals surface area contributed by atoms with Crippen LogP contribution in [-0.4, -0.2) is 45.2 Å². The Bertz CT molecular complexity index is 1500. The number of rotatable bonds is 8. The van der Waals surface area contributed by atoms with Crippen LogP contribution in [0, 0.1) is 5.92 Å². The lowest BCUT2D eigenvalue weighted by atomic mass is 9.83. The van der Waals surface area contributed by atoms with Gasteiger partial charge in [0.1, 0.15) is 11.5 Å². The van der Waals surface area contributed by atoms with E-state index in [2.05, 4.69) is 10.3 Å². The van der Waals surface area contributed by atoms with Gasteiger partial charge in [0.05, 0.1) is 50.6 Å². The summed E-state index contributed by atoms with van der Waals surface area (Å²) in [5, 5.41) is 3.50. The number of hydrogen-bond acceptors (Lipinski definition) is 8. The van der Waals surface area contributed by atoms with E-state index in [1.807, 2.05) is 42.5 Å². The standard InChI is InChI=1S/C29H29N3O6S/c1-35-19-8-6-18(7-9-19)32-26(33)14-11-21(27(32)17-5-13-23(37-3)24(15-17)38-4)28(34)31-29-30-22-12-10-20(36-2)16-25(22)39-29/h5-10,12-13,15-16,21,27H,11,14H2,1-4H3,(H,30,31,34). The predicted molar refractivity (Wildman–Crippen MR) is 150 cm³/mol. The van der Waals surface area contributed by atoms with Crippen molar-refractivity contribution in [2.24, 2.45) is 5.92 Å². The number of piperidine rings is 1. The summed E-state index contributed by atoms with van der Waals surface area (Å²) in [5.41, 5.74) is 2.20. The number of anilines is 2. The van der Waals surface area contributed by atoms with E-state index >= 15 is 0 Å². The lowest BCUT2D eigenvalue weighted by Crippen LogP contribution is -2.47. The molecule has 1 aliphatic rings. The Morgan fingerprint density at radius 3 is 2.31 bits per heavy atom. The maximum Gasteiger partial charge on any atom is 0.231 e. The number of methoxy groups -OCH3 is 4. The summed E-state index contributed by atoms with van der Waals surface area (Å²) >= 11 is 1.37. The minimum atomic E-state index is -0.589. The highest BCUT2D eigenvalue weighted by molar-refractivity contribution is 7.22. The number of thiazole rings is 1. The molecule has 2 unspecified atom stereocenters. The lowest BCUT2D eigenvalue weighted by Gasteiger charge is -2.41. The van der Waals surface area contributed by atoms with Crippen molar-refractivity contribution in [3.8, 4) is 23.0 Å². The molecular formula is C29H29N3O6S. The summed E-state index contributed by atoms with van der Waals surface area (Å²) in [6, 6.07) is 17.7. The third-order valence-electron chi connectivity index (χ3n) is 6.86. The van der Waals surface area contributed by atoms with Gasteiger partial charge in [-0.15, -0.1) is 0 Å². The van der Waals surface area contributed by atoms with Gasteiger partial charge >= 0.3 is 0 Å². The molecule has 2 atom stereocenters. The van der Waals surface area contributed by atoms with E-state index in [9.17, 15) is 9.59 Å². The van der Waals surface area contributed by atoms with Gasteiger partial charge in [-0.2, -0.15) is 0 Å². The van der Waals surface area contributed by atoms with Crippen LogP contribution in [-0.2, 0) is 9.59 Å². The zero-order valence-electron chi connectivity index (χ0n) is 22.1. The van der Waals surface area contributed by atoms with Crippen LogP contribution >= 0.6 is 11.3 Å². The second-order valence-corrected chi connectivity index (χ2v) is 10.0. The van der Waals surface area contributed by atoms with Gasteiger partial charge in [-0.3, -0.25) is 9.59 Å². The van der Waals surface area contributed by atoms with Crippen molar-refractivity contribution < 1.29 is 28.5 Å². The Morgan fingerprint density at radius 1 is 0.897 bits per heavy atom. The van der Waals surface area contributed by atoms with Gasteiger partial charge in [0.2, 0.25) is 11.8 Å². The second kappa shape index (κ2) is 11.2. The Hall–Kier alpha value is -4.31. The highest BCUT2D eigenvalue weighted by Gasteiger charge is 2.42. The van der Waals surface area contributed by atoms with Gasteiger partial charge in [-0.05, 0) is 66.6 Å². The molecule has 9 nitrogen and oxygen atoms in total. The average molecular weight is 548 g/mol. The molecule has 0 spiro atoms. The van der Waals surface area contributed by atoms with Crippen molar-refractivity contribution in [1.82, 2.24) is 4.98 Å². The first-order valence-corrected chi connectivity index (χ1v) is 13.2. The van der Waals surface area contributed by atoms with Crippen LogP contribution < -0.4 is 29.2 Å². The van der Waals surface area contributed by atoms with Crippen LogP contribution in [0.5, 0.6) is 23.0 Å². The maximum atomic E-state index is 13.8. The molecule has 2 amide bonds. The number of nitrogens with zero attached hydrogens (tertiary/aromatic N) is 2. The fraction of sp³-hybridized carbons (Fsp3) is 0.276. The van der Waals surface area contributed by atoms with E-state index in [0.717, 1.165) is 21.5 Å². The molecule has 4 aromatic rings. The summed E-state index contributed by atoms with van der Waals surface area (Å²) < 4.78 is 22.5. The number of carbonyl (C=O) groups excluding carboxylic acids is 2. The van der Waals surface area contributed by atoms with Crippen molar-refractivity contribution in [3.05, 3.63) is 66.2 Å². The van der Waals surface area contributed by atoms with Crippen molar-refractivity contribution >= 4 is 44.2 Å². The number of hydrogen-bond donors (Lipinski definition) is 1. The molecule has 5 rings (SSSR count). The zero-order valence-corrected chi connectivity index (χ0v) is 22.9. The van der Waals surface area contributed by atoms with Crippen LogP contribution in [0.15, 0.2) is 60.7 Å². The minimum absolute atomic E-state index is 0.0731. The first-order valence-electron chi connectivity index (χ1n) is 12.4. The molecule has 1 fully saturated rings. The second-order valence-electron chi connectivity index (χ2n) is 9.01. The van der Waals surface area contributed by atoms with Gasteiger partial charge in [0.15, 0.2) is 16.6 Å². The van der Waals surface area contributed by atoms with Crippen molar-refractivity contribution in [1.29, 1.82) is 0 Å². The Morgan fingerprint density at radius 2 is 1.62 bits per heavy atom. The van der Waals surface area contributed by atoms with E-state index in [-0.39, 0.29) is 18.2 Å². The molecule has 0 bridgehead atoms. The SMILES string of the molecule is COc1ccc(N2C(=O)CCC(C(=O)Nc3nc4ccc(OC)cc4s3)C2c2ccc(OC)c(OC)c2)cc1. The normalized spacial score (nSPS) is 17.1. The molecule has 3 aromatic carbocycles. The first kappa shape index (κ1) is 26.3. The Labute approximate surface area is 230 Å². The van der Waals surface area contributed by atoms with Gasteiger partial charge in [-0.25, -0.2) is 4.98 Å². The molecule has 0 radical (unpaired) electrons. The van der Waals surface area contributed by atoms with E-state index < -0.39 is 12.0 Å². The highest BCUT2D eigenvalue weighted by Crippen LogP contribution is 2.43. The Balaban J connectivity index is 1.54. The molecule has 1 aliphatic heterocycles. The van der Waals surface area contributed by atoms with E-state index in [0.29, 0.717) is 34.5 Å². The molecule has 39 heavy (non-hydrogen) atoms. The molecule has 1 saturated heterocycles. The number of ether oxygens (including phenoxy) is 4. The quantitative estimate of drug-likeness (QED) is 0.313. The van der Waals surface area contributed by atoms with Crippen LogP contribution in [0.1, 0.15) is 24.4 Å². The molecule has 202 valence electrons. The van der Waals surface area contributed by atoms with E-state index in [1.165, 1.54) is 11.3 Å². The smallest absolute Gasteiger partial charge is 0.231 e. The number of nitrogens with one attached hydrogen (secondary N) is 1. The van der Waals surface area contributed by atoms with Gasteiger partial charge in [0, 0.05) is 12.1 Å². The number of fused-ring (bicyclic) bond motifs is 1. The molecule has 1 N–H and O–H groups in total. The number of aromatic nitrogens is 1. The van der Waals surface area contributed by atoms with Gasteiger partial charge in [-0.1, -0.05) is 17.4 Å². The molecular weight excluding hydrogens is 518 g/mol. The summed E-state index contributed by atoms with van der Waals surface area (Å²) in [6.07, 6.45) is 0.611. The minimum Gasteiger partial charge on any atom is -0.497 e. The summed E-state index contributed by atoms with van der Waals surface area (Å²) in [5.74, 6) is 1.63. The van der Waals surface area contributed by atoms with Gasteiger partial charge < -0.3 is 29.2 Å². The fourth-order valence-electron chi connectivity index (χ4n) is 4.92. The van der Waals surface area contributed by atoms with Crippen molar-refractivity contribution in [3.63, 3.8) is 0 Å². The Kier molecular flexibility index (Phi) is 7.56. The zero-order chi connectivity index (χ0) is 27.5. The highest BCUT2D eigenvalue weighted by atomic mass is 32.1. The van der Waals surface area contributed by atoms with E-state index in [1.54, 1.807) is 51.5 Å². The third kappa shape index (κ3) is 5.20. The van der Waals surface area contributed by atoms with Crippen molar-refractivity contribution in [2.75, 3.05) is 38.7 Å². The molecule has 1 aromatic heterocycles. The maximum absolute atomic E-state index is 13.8. The van der Waals surface area contributed by atoms with Crippen LogP contribution in [0.25, 0.3) is 10.2 Å². The number of benzene rings is 3. The summed E-state index contributed by atoms with van der Waals surface area (Å²) in [7, 11) is 6.32. The van der Waals surface area contributed by atoms with Crippen LogP contribution in [0.2, 0.25) is 0 Å². The molecule has 10 heteroatoms. The topological polar surface area (TPSA) is 99.2 Å². The molecule has 0 aliphatic carbocycles. The van der Waals surface area contributed by atoms with Crippen molar-refractivity contribution in [2.45, 2.75) is 18.9 Å². The fourth-order valence-corrected chi connectivity index (χ4v) is 5.81. The third-order valence-corrected chi connectivity index (χ3v) is 7.79. The van der Waals surface area contributed by atoms with Gasteiger partial charge in [0.25, 0.3) is 0 Å². The summed E-state index contributed by atoms with van der Waals surface area (Å²) in [6.45, 7) is 0. The summed E-state index contributed by atoms with van der Waals surface area (Å²) in [4.78, 5) is 33.5. The largest absolute Gasteiger partial charge is 0.497 e. The number of carbonyl (C=O) groups is 2. The van der Waals surface area contributed by atoms with E-state index in [4.69, 9.17) is 18.9 Å². The lowest BCUT2D eigenvalue weighted by molar-refractivity contribution is -0.125. The number of amides is 2. The van der Waals surface area contributed by atoms with Crippen LogP contribution in [0.4, 0.5) is 10.8 Å². The molecule has 2 heterocycles. The first-order chi connectivity index (χ1) is 18.9. The monoisotopic (exact) mass is 547 g/mol. The molecule has 0 saturated carbocycles. The average Bonchev–Trinajstić information content (AvgIpc) is 3.37. The predicted octanol–water partition coefficient (Wildman–Crippen LogP) is 5.45.